The summed E-state index contributed by atoms with van der Waals surface area (Å²) in [6.07, 6.45) is 9.62. The maximum Gasteiger partial charge on any atom is 0.191 e. The van der Waals surface area contributed by atoms with Crippen LogP contribution in [0.15, 0.2) is 4.99 Å². The molecule has 2 saturated carbocycles. The van der Waals surface area contributed by atoms with Gasteiger partial charge in [0.2, 0.25) is 0 Å². The van der Waals surface area contributed by atoms with Crippen molar-refractivity contribution < 1.29 is 0 Å². The molecule has 2 N–H and O–H groups in total. The Bertz CT molecular complexity index is 379. The minimum absolute atomic E-state index is 0.512. The highest BCUT2D eigenvalue weighted by Crippen LogP contribution is 2.43. The lowest BCUT2D eigenvalue weighted by Gasteiger charge is -2.40. The van der Waals surface area contributed by atoms with E-state index in [-0.39, 0.29) is 0 Å². The van der Waals surface area contributed by atoms with Gasteiger partial charge in [-0.3, -0.25) is 4.99 Å². The number of hydrogen-bond donors (Lipinski definition) is 2. The highest BCUT2D eigenvalue weighted by atomic mass is 15.2. The standard InChI is InChI=1S/C18H34N4/c1-3-18(9-5-10-18)14-21-17(19-4-2)20-12-15-8-11-22(13-15)16-6-7-16/h15-16H,3-14H2,1-2H3,(H2,19,20,21). The Kier molecular flexibility index (Phi) is 5.27. The first-order valence-electron chi connectivity index (χ1n) is 9.51. The van der Waals surface area contributed by atoms with E-state index < -0.39 is 0 Å². The van der Waals surface area contributed by atoms with Gasteiger partial charge in [0.25, 0.3) is 0 Å². The fourth-order valence-electron chi connectivity index (χ4n) is 3.93. The lowest BCUT2D eigenvalue weighted by molar-refractivity contribution is 0.139. The highest BCUT2D eigenvalue weighted by molar-refractivity contribution is 5.79. The maximum atomic E-state index is 4.89. The summed E-state index contributed by atoms with van der Waals surface area (Å²) in [6.45, 7) is 10.1. The van der Waals surface area contributed by atoms with Crippen molar-refractivity contribution in [2.45, 2.75) is 64.8 Å². The van der Waals surface area contributed by atoms with Crippen LogP contribution in [0.5, 0.6) is 0 Å². The molecular formula is C18H34N4. The Morgan fingerprint density at radius 3 is 2.59 bits per heavy atom. The lowest BCUT2D eigenvalue weighted by atomic mass is 9.67. The number of nitrogens with zero attached hydrogens (tertiary/aromatic N) is 2. The summed E-state index contributed by atoms with van der Waals surface area (Å²) in [5.41, 5.74) is 0.512. The monoisotopic (exact) mass is 306 g/mol. The van der Waals surface area contributed by atoms with E-state index >= 15 is 0 Å². The molecule has 1 unspecified atom stereocenters. The zero-order chi connectivity index (χ0) is 15.4. The average molecular weight is 306 g/mol. The molecule has 0 bridgehead atoms. The fourth-order valence-corrected chi connectivity index (χ4v) is 3.93. The van der Waals surface area contributed by atoms with E-state index in [1.807, 2.05) is 0 Å². The van der Waals surface area contributed by atoms with Crippen LogP contribution in [0.3, 0.4) is 0 Å². The lowest BCUT2D eigenvalue weighted by Crippen LogP contribution is -2.42. The normalized spacial score (nSPS) is 28.5. The minimum atomic E-state index is 0.512. The fraction of sp³-hybridized carbons (Fsp3) is 0.944. The van der Waals surface area contributed by atoms with E-state index in [0.717, 1.165) is 37.6 Å². The van der Waals surface area contributed by atoms with Gasteiger partial charge >= 0.3 is 0 Å². The van der Waals surface area contributed by atoms with Gasteiger partial charge in [0, 0.05) is 32.2 Å². The van der Waals surface area contributed by atoms with Crippen molar-refractivity contribution in [1.82, 2.24) is 15.5 Å². The summed E-state index contributed by atoms with van der Waals surface area (Å²) in [7, 11) is 0. The van der Waals surface area contributed by atoms with E-state index in [1.54, 1.807) is 0 Å². The molecule has 0 spiro atoms. The third-order valence-corrected chi connectivity index (χ3v) is 6.02. The highest BCUT2D eigenvalue weighted by Gasteiger charge is 2.35. The van der Waals surface area contributed by atoms with Gasteiger partial charge in [0.15, 0.2) is 5.96 Å². The summed E-state index contributed by atoms with van der Waals surface area (Å²) in [4.78, 5) is 7.58. The van der Waals surface area contributed by atoms with Crippen molar-refractivity contribution in [1.29, 1.82) is 0 Å². The van der Waals surface area contributed by atoms with Gasteiger partial charge < -0.3 is 15.5 Å². The second-order valence-electron chi connectivity index (χ2n) is 7.66. The minimum Gasteiger partial charge on any atom is -0.357 e. The molecule has 2 aliphatic carbocycles. The van der Waals surface area contributed by atoms with Crippen LogP contribution < -0.4 is 10.6 Å². The van der Waals surface area contributed by atoms with Gasteiger partial charge in [-0.15, -0.1) is 0 Å². The van der Waals surface area contributed by atoms with E-state index in [2.05, 4.69) is 29.4 Å². The maximum absolute atomic E-state index is 4.89. The summed E-state index contributed by atoms with van der Waals surface area (Å²) >= 11 is 0. The number of nitrogens with one attached hydrogen (secondary N) is 2. The van der Waals surface area contributed by atoms with Crippen LogP contribution >= 0.6 is 0 Å². The van der Waals surface area contributed by atoms with Crippen molar-refractivity contribution in [2.24, 2.45) is 16.3 Å². The van der Waals surface area contributed by atoms with Crippen molar-refractivity contribution in [3.63, 3.8) is 0 Å². The third kappa shape index (κ3) is 3.95. The Labute approximate surface area is 136 Å². The second kappa shape index (κ2) is 7.20. The molecule has 0 amide bonds. The quantitative estimate of drug-likeness (QED) is 0.561. The van der Waals surface area contributed by atoms with Crippen LogP contribution in [0.1, 0.15) is 58.8 Å². The Balaban J connectivity index is 1.44. The largest absolute Gasteiger partial charge is 0.357 e. The topological polar surface area (TPSA) is 39.7 Å². The molecule has 1 heterocycles. The van der Waals surface area contributed by atoms with Gasteiger partial charge in [0.1, 0.15) is 0 Å². The first-order valence-corrected chi connectivity index (χ1v) is 9.51. The van der Waals surface area contributed by atoms with Gasteiger partial charge in [-0.1, -0.05) is 13.3 Å². The molecule has 3 rings (SSSR count). The molecule has 0 aromatic heterocycles. The number of likely N-dealkylation sites (tertiary alicyclic amines) is 1. The Hall–Kier alpha value is -0.770. The van der Waals surface area contributed by atoms with E-state index in [1.165, 1.54) is 58.0 Å². The van der Waals surface area contributed by atoms with Crippen molar-refractivity contribution in [3.8, 4) is 0 Å². The van der Waals surface area contributed by atoms with Crippen molar-refractivity contribution in [3.05, 3.63) is 0 Å². The predicted octanol–water partition coefficient (Wildman–Crippen LogP) is 2.61. The van der Waals surface area contributed by atoms with Crippen LogP contribution in [0, 0.1) is 11.3 Å². The number of guanidine groups is 1. The molecule has 126 valence electrons. The molecular weight excluding hydrogens is 272 g/mol. The van der Waals surface area contributed by atoms with E-state index in [0.29, 0.717) is 5.41 Å². The molecule has 0 aromatic carbocycles. The second-order valence-corrected chi connectivity index (χ2v) is 7.66. The molecule has 1 saturated heterocycles. The van der Waals surface area contributed by atoms with Crippen molar-refractivity contribution in [2.75, 3.05) is 32.7 Å². The summed E-state index contributed by atoms with van der Waals surface area (Å²) < 4.78 is 0. The molecule has 0 aromatic rings. The van der Waals surface area contributed by atoms with Crippen molar-refractivity contribution >= 4 is 5.96 Å². The molecule has 4 heteroatoms. The van der Waals surface area contributed by atoms with Crippen LogP contribution in [0.25, 0.3) is 0 Å². The number of hydrogen-bond acceptors (Lipinski definition) is 2. The number of rotatable bonds is 7. The number of aliphatic imine (C=N–C) groups is 1. The zero-order valence-corrected chi connectivity index (χ0v) is 14.5. The predicted molar refractivity (Wildman–Crippen MR) is 93.3 cm³/mol. The zero-order valence-electron chi connectivity index (χ0n) is 14.5. The van der Waals surface area contributed by atoms with Crippen LogP contribution in [-0.2, 0) is 0 Å². The molecule has 1 aliphatic heterocycles. The summed E-state index contributed by atoms with van der Waals surface area (Å²) in [6, 6.07) is 0.926. The molecule has 3 aliphatic rings. The third-order valence-electron chi connectivity index (χ3n) is 6.02. The smallest absolute Gasteiger partial charge is 0.191 e. The summed E-state index contributed by atoms with van der Waals surface area (Å²) in [5, 5.41) is 7.02. The Morgan fingerprint density at radius 2 is 2.00 bits per heavy atom. The molecule has 22 heavy (non-hydrogen) atoms. The summed E-state index contributed by atoms with van der Waals surface area (Å²) in [5.74, 6) is 1.83. The average Bonchev–Trinajstić information content (AvgIpc) is 3.23. The first-order chi connectivity index (χ1) is 10.7. The van der Waals surface area contributed by atoms with Crippen LogP contribution in [0.4, 0.5) is 0 Å². The van der Waals surface area contributed by atoms with Crippen LogP contribution in [-0.4, -0.2) is 49.6 Å². The Morgan fingerprint density at radius 1 is 1.18 bits per heavy atom. The SMILES string of the molecule is CCNC(=NCC1(CC)CCC1)NCC1CCN(C2CC2)C1. The van der Waals surface area contributed by atoms with Gasteiger partial charge in [-0.25, -0.2) is 0 Å². The first kappa shape index (κ1) is 16.1. The molecule has 3 fully saturated rings. The molecule has 1 atom stereocenters. The van der Waals surface area contributed by atoms with E-state index in [9.17, 15) is 0 Å². The van der Waals surface area contributed by atoms with Gasteiger partial charge in [-0.2, -0.15) is 0 Å². The van der Waals surface area contributed by atoms with Gasteiger partial charge in [-0.05, 0) is 63.3 Å². The van der Waals surface area contributed by atoms with Crippen LogP contribution in [0.2, 0.25) is 0 Å². The van der Waals surface area contributed by atoms with Gasteiger partial charge in [0.05, 0.1) is 0 Å². The molecule has 4 nitrogen and oxygen atoms in total. The molecule has 0 radical (unpaired) electrons. The van der Waals surface area contributed by atoms with E-state index in [4.69, 9.17) is 4.99 Å².